The number of hydrogen-bond acceptors (Lipinski definition) is 2. The molecule has 17 heavy (non-hydrogen) atoms. The lowest BCUT2D eigenvalue weighted by Gasteiger charge is -2.40. The molecule has 0 aliphatic heterocycles. The first kappa shape index (κ1) is 12.5. The van der Waals surface area contributed by atoms with E-state index < -0.39 is 17.7 Å². The Balaban J connectivity index is 1.94. The molecule has 0 amide bonds. The quantitative estimate of drug-likeness (QED) is 0.849. The lowest BCUT2D eigenvalue weighted by atomic mass is 9.78. The van der Waals surface area contributed by atoms with Crippen LogP contribution >= 0.6 is 0 Å². The molecule has 4 heteroatoms. The number of nitrogens with one attached hydrogen (secondary N) is 1. The van der Waals surface area contributed by atoms with E-state index in [-0.39, 0.29) is 5.54 Å². The molecule has 1 aromatic rings. The van der Waals surface area contributed by atoms with Gasteiger partial charge in [-0.2, -0.15) is 0 Å². The minimum Gasteiger partial charge on any atom is -0.387 e. The summed E-state index contributed by atoms with van der Waals surface area (Å²) < 4.78 is 25.7. The minimum absolute atomic E-state index is 0.0968. The molecule has 2 nitrogen and oxygen atoms in total. The second-order valence-corrected chi connectivity index (χ2v) is 4.98. The van der Waals surface area contributed by atoms with Crippen molar-refractivity contribution in [3.63, 3.8) is 0 Å². The Morgan fingerprint density at radius 3 is 2.59 bits per heavy atom. The smallest absolute Gasteiger partial charge is 0.159 e. The number of halogens is 2. The van der Waals surface area contributed by atoms with Crippen molar-refractivity contribution in [1.82, 2.24) is 5.32 Å². The van der Waals surface area contributed by atoms with Crippen LogP contribution in [-0.4, -0.2) is 17.2 Å². The first-order chi connectivity index (χ1) is 8.00. The van der Waals surface area contributed by atoms with Gasteiger partial charge in [-0.15, -0.1) is 0 Å². The third-order valence-corrected chi connectivity index (χ3v) is 3.51. The summed E-state index contributed by atoms with van der Waals surface area (Å²) in [4.78, 5) is 0. The maximum atomic E-state index is 13.0. The molecule has 1 aliphatic carbocycles. The van der Waals surface area contributed by atoms with Gasteiger partial charge < -0.3 is 10.4 Å². The Morgan fingerprint density at radius 1 is 1.35 bits per heavy atom. The van der Waals surface area contributed by atoms with Crippen LogP contribution < -0.4 is 5.32 Å². The molecular formula is C13H17F2NO. The van der Waals surface area contributed by atoms with Gasteiger partial charge >= 0.3 is 0 Å². The summed E-state index contributed by atoms with van der Waals surface area (Å²) in [6.45, 7) is 2.47. The van der Waals surface area contributed by atoms with E-state index in [1.807, 2.05) is 0 Å². The average Bonchev–Trinajstić information content (AvgIpc) is 2.27. The molecule has 1 saturated carbocycles. The van der Waals surface area contributed by atoms with Gasteiger partial charge in [-0.1, -0.05) is 6.07 Å². The molecule has 0 radical (unpaired) electrons. The number of β-amino-alcohol motifs (C(OH)–C–C–N with tert-alkyl or cyclic N) is 1. The number of hydrogen-bond donors (Lipinski definition) is 2. The summed E-state index contributed by atoms with van der Waals surface area (Å²) in [6.07, 6.45) is 2.59. The minimum atomic E-state index is -0.920. The van der Waals surface area contributed by atoms with E-state index in [9.17, 15) is 13.9 Å². The molecule has 1 unspecified atom stereocenters. The second kappa shape index (κ2) is 4.70. The van der Waals surface area contributed by atoms with E-state index in [0.29, 0.717) is 12.1 Å². The highest BCUT2D eigenvalue weighted by Gasteiger charge is 2.31. The maximum absolute atomic E-state index is 13.0. The summed E-state index contributed by atoms with van der Waals surface area (Å²) >= 11 is 0. The van der Waals surface area contributed by atoms with Gasteiger partial charge in [0.2, 0.25) is 0 Å². The van der Waals surface area contributed by atoms with E-state index in [1.165, 1.54) is 12.5 Å². The predicted molar refractivity (Wildman–Crippen MR) is 61.6 cm³/mol. The Labute approximate surface area is 99.7 Å². The SMILES string of the molecule is CC1(NCC(O)c2ccc(F)c(F)c2)CCC1. The highest BCUT2D eigenvalue weighted by molar-refractivity contribution is 5.20. The van der Waals surface area contributed by atoms with Crippen LogP contribution in [0.2, 0.25) is 0 Å². The summed E-state index contributed by atoms with van der Waals surface area (Å²) in [7, 11) is 0. The van der Waals surface area contributed by atoms with E-state index in [1.54, 1.807) is 0 Å². The number of aliphatic hydroxyl groups excluding tert-OH is 1. The van der Waals surface area contributed by atoms with Crippen molar-refractivity contribution in [3.8, 4) is 0 Å². The van der Waals surface area contributed by atoms with Crippen LogP contribution in [0.25, 0.3) is 0 Å². The van der Waals surface area contributed by atoms with Gasteiger partial charge in [-0.3, -0.25) is 0 Å². The molecule has 94 valence electrons. The van der Waals surface area contributed by atoms with Gasteiger partial charge in [0.25, 0.3) is 0 Å². The van der Waals surface area contributed by atoms with Crippen molar-refractivity contribution in [3.05, 3.63) is 35.4 Å². The van der Waals surface area contributed by atoms with E-state index >= 15 is 0 Å². The largest absolute Gasteiger partial charge is 0.387 e. The lowest BCUT2D eigenvalue weighted by molar-refractivity contribution is 0.132. The van der Waals surface area contributed by atoms with Crippen molar-refractivity contribution in [1.29, 1.82) is 0 Å². The average molecular weight is 241 g/mol. The van der Waals surface area contributed by atoms with Crippen molar-refractivity contribution in [2.75, 3.05) is 6.54 Å². The maximum Gasteiger partial charge on any atom is 0.159 e. The zero-order valence-corrected chi connectivity index (χ0v) is 9.84. The van der Waals surface area contributed by atoms with Crippen LogP contribution in [0, 0.1) is 11.6 Å². The van der Waals surface area contributed by atoms with Gasteiger partial charge in [-0.25, -0.2) is 8.78 Å². The first-order valence-corrected chi connectivity index (χ1v) is 5.88. The van der Waals surface area contributed by atoms with Crippen molar-refractivity contribution < 1.29 is 13.9 Å². The summed E-state index contributed by atoms with van der Waals surface area (Å²) in [6, 6.07) is 3.50. The Morgan fingerprint density at radius 2 is 2.06 bits per heavy atom. The zero-order valence-electron chi connectivity index (χ0n) is 9.84. The molecule has 0 bridgehead atoms. The molecule has 0 saturated heterocycles. The first-order valence-electron chi connectivity index (χ1n) is 5.88. The molecule has 2 rings (SSSR count). The molecule has 1 aliphatic rings. The monoisotopic (exact) mass is 241 g/mol. The fourth-order valence-electron chi connectivity index (χ4n) is 2.06. The summed E-state index contributed by atoms with van der Waals surface area (Å²) in [5, 5.41) is 13.1. The van der Waals surface area contributed by atoms with Crippen molar-refractivity contribution >= 4 is 0 Å². The summed E-state index contributed by atoms with van der Waals surface area (Å²) in [5.74, 6) is -1.81. The second-order valence-electron chi connectivity index (χ2n) is 4.98. The van der Waals surface area contributed by atoms with Crippen LogP contribution in [-0.2, 0) is 0 Å². The number of aliphatic hydroxyl groups is 1. The van der Waals surface area contributed by atoms with Gasteiger partial charge in [0.15, 0.2) is 11.6 Å². The van der Waals surface area contributed by atoms with Crippen molar-refractivity contribution in [2.45, 2.75) is 37.8 Å². The highest BCUT2D eigenvalue weighted by Crippen LogP contribution is 2.31. The Hall–Kier alpha value is -1.00. The predicted octanol–water partition coefficient (Wildman–Crippen LogP) is 2.53. The third-order valence-electron chi connectivity index (χ3n) is 3.51. The molecule has 0 aromatic heterocycles. The van der Waals surface area contributed by atoms with Crippen LogP contribution in [0.15, 0.2) is 18.2 Å². The van der Waals surface area contributed by atoms with Crippen LogP contribution in [0.3, 0.4) is 0 Å². The topological polar surface area (TPSA) is 32.3 Å². The molecule has 2 N–H and O–H groups in total. The van der Waals surface area contributed by atoms with Gasteiger partial charge in [0, 0.05) is 12.1 Å². The van der Waals surface area contributed by atoms with E-state index in [0.717, 1.165) is 25.0 Å². The van der Waals surface area contributed by atoms with Crippen LogP contribution in [0.4, 0.5) is 8.78 Å². The standard InChI is InChI=1S/C13H17F2NO/c1-13(5-2-6-13)16-8-12(17)9-3-4-10(14)11(15)7-9/h3-4,7,12,16-17H,2,5-6,8H2,1H3. The van der Waals surface area contributed by atoms with E-state index in [2.05, 4.69) is 12.2 Å². The molecule has 1 fully saturated rings. The van der Waals surface area contributed by atoms with Gasteiger partial charge in [0.1, 0.15) is 0 Å². The lowest BCUT2D eigenvalue weighted by Crippen LogP contribution is -2.49. The molecule has 1 atom stereocenters. The van der Waals surface area contributed by atoms with Crippen molar-refractivity contribution in [2.24, 2.45) is 0 Å². The van der Waals surface area contributed by atoms with Gasteiger partial charge in [0.05, 0.1) is 6.10 Å². The highest BCUT2D eigenvalue weighted by atomic mass is 19.2. The fraction of sp³-hybridized carbons (Fsp3) is 0.538. The summed E-state index contributed by atoms with van der Waals surface area (Å²) in [5.41, 5.74) is 0.499. The van der Waals surface area contributed by atoms with Crippen LogP contribution in [0.5, 0.6) is 0 Å². The fourth-order valence-corrected chi connectivity index (χ4v) is 2.06. The van der Waals surface area contributed by atoms with Crippen LogP contribution in [0.1, 0.15) is 37.9 Å². The normalized spacial score (nSPS) is 19.8. The zero-order chi connectivity index (χ0) is 12.5. The van der Waals surface area contributed by atoms with Gasteiger partial charge in [-0.05, 0) is 43.9 Å². The molecule has 0 spiro atoms. The van der Waals surface area contributed by atoms with E-state index in [4.69, 9.17) is 0 Å². The molecular weight excluding hydrogens is 224 g/mol. The molecule has 1 aromatic carbocycles. The molecule has 0 heterocycles. The Bertz CT molecular complexity index is 404. The third kappa shape index (κ3) is 2.82. The number of rotatable bonds is 4. The Kier molecular flexibility index (Phi) is 3.45. The number of benzene rings is 1.